The van der Waals surface area contributed by atoms with Crippen LogP contribution in [0, 0.1) is 0 Å². The molecule has 0 spiro atoms. The fourth-order valence-corrected chi connectivity index (χ4v) is 3.84. The van der Waals surface area contributed by atoms with Crippen LogP contribution in [0.1, 0.15) is 35.2 Å². The molecule has 1 aliphatic rings. The molecule has 0 aliphatic carbocycles. The molecule has 1 heterocycles. The Kier molecular flexibility index (Phi) is 7.83. The summed E-state index contributed by atoms with van der Waals surface area (Å²) in [6, 6.07) is 17.6. The Balaban J connectivity index is 1.70. The molecule has 0 radical (unpaired) electrons. The molecule has 1 atom stereocenters. The summed E-state index contributed by atoms with van der Waals surface area (Å²) in [5.74, 6) is 0.269. The predicted octanol–water partition coefficient (Wildman–Crippen LogP) is 3.52. The number of hydrogen-bond donors (Lipinski definition) is 1. The Morgan fingerprint density at radius 3 is 2.38 bits per heavy atom. The monoisotopic (exact) mass is 457 g/mol. The van der Waals surface area contributed by atoms with Crippen molar-refractivity contribution in [2.75, 3.05) is 39.3 Å². The Hall–Kier alpha value is -2.18. The highest BCUT2D eigenvalue weighted by Gasteiger charge is 2.22. The van der Waals surface area contributed by atoms with Gasteiger partial charge < -0.3 is 15.1 Å². The van der Waals surface area contributed by atoms with E-state index in [0.29, 0.717) is 25.1 Å². The highest BCUT2D eigenvalue weighted by molar-refractivity contribution is 9.10. The van der Waals surface area contributed by atoms with Gasteiger partial charge in [-0.05, 0) is 35.7 Å². The van der Waals surface area contributed by atoms with Crippen molar-refractivity contribution >= 4 is 27.7 Å². The zero-order valence-corrected chi connectivity index (χ0v) is 18.4. The van der Waals surface area contributed by atoms with E-state index in [0.717, 1.165) is 30.7 Å². The van der Waals surface area contributed by atoms with Crippen LogP contribution in [0.3, 0.4) is 0 Å². The summed E-state index contributed by atoms with van der Waals surface area (Å²) >= 11 is 3.42. The van der Waals surface area contributed by atoms with Gasteiger partial charge in [-0.3, -0.25) is 9.59 Å². The SMILES string of the molecule is C[C@@H](CN(CCC(=O)N1CCNCC1)C(=O)c1ccc(Br)cc1)c1ccccc1. The first-order chi connectivity index (χ1) is 14.0. The maximum absolute atomic E-state index is 13.2. The number of carbonyl (C=O) groups excluding carboxylic acids is 2. The molecule has 5 nitrogen and oxygen atoms in total. The Morgan fingerprint density at radius 2 is 1.72 bits per heavy atom. The average Bonchev–Trinajstić information content (AvgIpc) is 2.77. The number of nitrogens with one attached hydrogen (secondary N) is 1. The van der Waals surface area contributed by atoms with Crippen LogP contribution in [0.15, 0.2) is 59.1 Å². The third kappa shape index (κ3) is 6.15. The van der Waals surface area contributed by atoms with Crippen LogP contribution in [0.2, 0.25) is 0 Å². The lowest BCUT2D eigenvalue weighted by Crippen LogP contribution is -2.47. The molecule has 1 saturated heterocycles. The van der Waals surface area contributed by atoms with Crippen molar-refractivity contribution in [3.63, 3.8) is 0 Å². The highest BCUT2D eigenvalue weighted by Crippen LogP contribution is 2.19. The van der Waals surface area contributed by atoms with Crippen LogP contribution in [-0.4, -0.2) is 60.9 Å². The van der Waals surface area contributed by atoms with E-state index in [1.807, 2.05) is 52.3 Å². The van der Waals surface area contributed by atoms with Crippen molar-refractivity contribution in [1.29, 1.82) is 0 Å². The van der Waals surface area contributed by atoms with E-state index in [-0.39, 0.29) is 17.7 Å². The number of benzene rings is 2. The number of rotatable bonds is 7. The van der Waals surface area contributed by atoms with E-state index < -0.39 is 0 Å². The first-order valence-electron chi connectivity index (χ1n) is 10.1. The molecule has 3 rings (SSSR count). The largest absolute Gasteiger partial charge is 0.340 e. The van der Waals surface area contributed by atoms with Crippen LogP contribution < -0.4 is 5.32 Å². The minimum absolute atomic E-state index is 0.0339. The van der Waals surface area contributed by atoms with Crippen LogP contribution in [0.5, 0.6) is 0 Å². The van der Waals surface area contributed by atoms with Gasteiger partial charge in [-0.15, -0.1) is 0 Å². The number of nitrogens with zero attached hydrogens (tertiary/aromatic N) is 2. The van der Waals surface area contributed by atoms with E-state index in [9.17, 15) is 9.59 Å². The summed E-state index contributed by atoms with van der Waals surface area (Å²) in [7, 11) is 0. The number of amides is 2. The highest BCUT2D eigenvalue weighted by atomic mass is 79.9. The van der Waals surface area contributed by atoms with Crippen LogP contribution in [-0.2, 0) is 4.79 Å². The van der Waals surface area contributed by atoms with Gasteiger partial charge in [0.15, 0.2) is 0 Å². The molecular formula is C23H28BrN3O2. The van der Waals surface area contributed by atoms with E-state index in [1.54, 1.807) is 0 Å². The molecule has 0 unspecified atom stereocenters. The molecule has 29 heavy (non-hydrogen) atoms. The zero-order chi connectivity index (χ0) is 20.6. The van der Waals surface area contributed by atoms with Gasteiger partial charge in [-0.2, -0.15) is 0 Å². The van der Waals surface area contributed by atoms with Crippen LogP contribution in [0.25, 0.3) is 0 Å². The summed E-state index contributed by atoms with van der Waals surface area (Å²) < 4.78 is 0.937. The van der Waals surface area contributed by atoms with Crippen molar-refractivity contribution in [2.24, 2.45) is 0 Å². The first kappa shape index (κ1) is 21.5. The third-order valence-electron chi connectivity index (χ3n) is 5.31. The Labute approximate surface area is 181 Å². The third-order valence-corrected chi connectivity index (χ3v) is 5.84. The summed E-state index contributed by atoms with van der Waals surface area (Å²) in [5.41, 5.74) is 1.83. The lowest BCUT2D eigenvalue weighted by atomic mass is 10.00. The zero-order valence-electron chi connectivity index (χ0n) is 16.8. The number of halogens is 1. The second kappa shape index (κ2) is 10.6. The summed E-state index contributed by atoms with van der Waals surface area (Å²) in [6.07, 6.45) is 0.351. The number of hydrogen-bond acceptors (Lipinski definition) is 3. The molecule has 1 fully saturated rings. The van der Waals surface area contributed by atoms with Crippen LogP contribution >= 0.6 is 15.9 Å². The van der Waals surface area contributed by atoms with Crippen LogP contribution in [0.4, 0.5) is 0 Å². The fraction of sp³-hybridized carbons (Fsp3) is 0.391. The molecule has 6 heteroatoms. The molecule has 0 saturated carbocycles. The summed E-state index contributed by atoms with van der Waals surface area (Å²) in [4.78, 5) is 29.5. The quantitative estimate of drug-likeness (QED) is 0.691. The van der Waals surface area contributed by atoms with Crippen molar-refractivity contribution in [1.82, 2.24) is 15.1 Å². The molecular weight excluding hydrogens is 430 g/mol. The van der Waals surface area contributed by atoms with Gasteiger partial charge in [0.2, 0.25) is 5.91 Å². The van der Waals surface area contributed by atoms with E-state index in [1.165, 1.54) is 5.56 Å². The number of carbonyl (C=O) groups is 2. The van der Waals surface area contributed by atoms with Crippen molar-refractivity contribution in [2.45, 2.75) is 19.3 Å². The summed E-state index contributed by atoms with van der Waals surface area (Å²) in [5, 5.41) is 3.26. The normalized spacial score (nSPS) is 15.0. The average molecular weight is 458 g/mol. The van der Waals surface area contributed by atoms with Crippen molar-refractivity contribution in [3.8, 4) is 0 Å². The molecule has 154 valence electrons. The molecule has 2 aromatic carbocycles. The van der Waals surface area contributed by atoms with Gasteiger partial charge in [-0.1, -0.05) is 53.2 Å². The molecule has 2 amide bonds. The maximum Gasteiger partial charge on any atom is 0.253 e. The maximum atomic E-state index is 13.2. The van der Waals surface area contributed by atoms with Gasteiger partial charge in [0.25, 0.3) is 5.91 Å². The molecule has 0 aromatic heterocycles. The smallest absolute Gasteiger partial charge is 0.253 e. The van der Waals surface area contributed by atoms with Gasteiger partial charge in [-0.25, -0.2) is 0 Å². The van der Waals surface area contributed by atoms with Gasteiger partial charge in [0.05, 0.1) is 0 Å². The van der Waals surface area contributed by atoms with Crippen molar-refractivity contribution in [3.05, 3.63) is 70.2 Å². The standard InChI is InChI=1S/C23H28BrN3O2/c1-18(19-5-3-2-4-6-19)17-27(23(29)20-7-9-21(24)10-8-20)14-11-22(28)26-15-12-25-13-16-26/h2-10,18,25H,11-17H2,1H3/t18-/m0/s1. The van der Waals surface area contributed by atoms with Crippen molar-refractivity contribution < 1.29 is 9.59 Å². The number of piperazine rings is 1. The minimum Gasteiger partial charge on any atom is -0.340 e. The predicted molar refractivity (Wildman–Crippen MR) is 119 cm³/mol. The molecule has 1 N–H and O–H groups in total. The lowest BCUT2D eigenvalue weighted by Gasteiger charge is -2.30. The fourth-order valence-electron chi connectivity index (χ4n) is 3.57. The van der Waals surface area contributed by atoms with E-state index in [2.05, 4.69) is 40.3 Å². The van der Waals surface area contributed by atoms with E-state index >= 15 is 0 Å². The lowest BCUT2D eigenvalue weighted by molar-refractivity contribution is -0.131. The second-order valence-corrected chi connectivity index (χ2v) is 8.37. The molecule has 1 aliphatic heterocycles. The topological polar surface area (TPSA) is 52.7 Å². The Morgan fingerprint density at radius 1 is 1.07 bits per heavy atom. The first-order valence-corrected chi connectivity index (χ1v) is 10.9. The molecule has 0 bridgehead atoms. The minimum atomic E-state index is -0.0339. The van der Waals surface area contributed by atoms with Gasteiger partial charge in [0, 0.05) is 55.7 Å². The molecule has 2 aromatic rings. The van der Waals surface area contributed by atoms with Gasteiger partial charge in [0.1, 0.15) is 0 Å². The van der Waals surface area contributed by atoms with E-state index in [4.69, 9.17) is 0 Å². The summed E-state index contributed by atoms with van der Waals surface area (Å²) in [6.45, 7) is 6.26. The second-order valence-electron chi connectivity index (χ2n) is 7.45. The van der Waals surface area contributed by atoms with Gasteiger partial charge >= 0.3 is 0 Å². The Bertz CT molecular complexity index is 805.